The molecule has 0 fully saturated rings. The van der Waals surface area contributed by atoms with E-state index >= 15 is 0 Å². The first kappa shape index (κ1) is 15.6. The molecule has 5 heteroatoms. The maximum absolute atomic E-state index is 9.13. The van der Waals surface area contributed by atoms with E-state index in [-0.39, 0.29) is 12.6 Å². The topological polar surface area (TPSA) is 64.7 Å². The summed E-state index contributed by atoms with van der Waals surface area (Å²) in [7, 11) is 1.55. The number of benzene rings is 2. The molecule has 0 radical (unpaired) electrons. The minimum atomic E-state index is -0.134. The van der Waals surface area contributed by atoms with Gasteiger partial charge < -0.3 is 20.3 Å². The second kappa shape index (κ2) is 6.80. The maximum atomic E-state index is 9.13. The fourth-order valence-electron chi connectivity index (χ4n) is 1.96. The summed E-state index contributed by atoms with van der Waals surface area (Å²) in [4.78, 5) is 0. The number of halogens is 1. The number of rotatable bonds is 5. The van der Waals surface area contributed by atoms with Gasteiger partial charge in [0, 0.05) is 11.1 Å². The third kappa shape index (κ3) is 3.67. The normalized spacial score (nSPS) is 12.0. The molecule has 3 N–H and O–H groups in total. The summed E-state index contributed by atoms with van der Waals surface area (Å²) in [6, 6.07) is 10.5. The third-order valence-electron chi connectivity index (χ3n) is 3.10. The smallest absolute Gasteiger partial charge is 0.169 e. The molecular weight excluding hydrogens is 290 g/mol. The van der Waals surface area contributed by atoms with E-state index in [0.717, 1.165) is 11.1 Å². The van der Waals surface area contributed by atoms with Crippen molar-refractivity contribution in [2.24, 2.45) is 5.73 Å². The average Bonchev–Trinajstić information content (AvgIpc) is 2.47. The molecule has 0 amide bonds. The summed E-state index contributed by atoms with van der Waals surface area (Å²) in [6.45, 7) is 1.82. The van der Waals surface area contributed by atoms with Crippen molar-refractivity contribution in [2.75, 3.05) is 7.11 Å². The van der Waals surface area contributed by atoms with E-state index in [2.05, 4.69) is 0 Å². The zero-order valence-electron chi connectivity index (χ0n) is 12.0. The molecule has 1 atom stereocenters. The van der Waals surface area contributed by atoms with Crippen LogP contribution in [0.1, 0.15) is 24.1 Å². The second-order valence-electron chi connectivity index (χ2n) is 4.72. The Hall–Kier alpha value is -1.75. The van der Waals surface area contributed by atoms with Crippen LogP contribution in [0.25, 0.3) is 0 Å². The number of aliphatic hydroxyl groups is 1. The van der Waals surface area contributed by atoms with E-state index in [1.807, 2.05) is 19.1 Å². The monoisotopic (exact) mass is 307 g/mol. The summed E-state index contributed by atoms with van der Waals surface area (Å²) >= 11 is 6.19. The van der Waals surface area contributed by atoms with E-state index in [1.165, 1.54) is 0 Å². The number of hydrogen-bond donors (Lipinski definition) is 2. The van der Waals surface area contributed by atoms with Crippen LogP contribution in [0.3, 0.4) is 0 Å². The van der Waals surface area contributed by atoms with Crippen molar-refractivity contribution < 1.29 is 14.6 Å². The molecule has 0 aliphatic carbocycles. The third-order valence-corrected chi connectivity index (χ3v) is 3.43. The first-order valence-electron chi connectivity index (χ1n) is 6.55. The van der Waals surface area contributed by atoms with Crippen LogP contribution in [0, 0.1) is 0 Å². The molecule has 0 aliphatic rings. The zero-order valence-corrected chi connectivity index (χ0v) is 12.7. The zero-order chi connectivity index (χ0) is 15.4. The first-order valence-corrected chi connectivity index (χ1v) is 6.93. The van der Waals surface area contributed by atoms with Gasteiger partial charge in [-0.05, 0) is 42.3 Å². The Labute approximate surface area is 129 Å². The minimum Gasteiger partial charge on any atom is -0.493 e. The maximum Gasteiger partial charge on any atom is 0.169 e. The van der Waals surface area contributed by atoms with Gasteiger partial charge in [-0.15, -0.1) is 0 Å². The highest BCUT2D eigenvalue weighted by atomic mass is 35.5. The van der Waals surface area contributed by atoms with Crippen LogP contribution in [0.5, 0.6) is 17.2 Å². The van der Waals surface area contributed by atoms with Crippen LogP contribution in [0.2, 0.25) is 5.02 Å². The lowest BCUT2D eigenvalue weighted by molar-refractivity contribution is 0.280. The van der Waals surface area contributed by atoms with Gasteiger partial charge in [-0.2, -0.15) is 0 Å². The molecule has 0 saturated carbocycles. The Morgan fingerprint density at radius 2 is 1.95 bits per heavy atom. The van der Waals surface area contributed by atoms with Crippen molar-refractivity contribution in [3.8, 4) is 17.2 Å². The van der Waals surface area contributed by atoms with Gasteiger partial charge in [0.1, 0.15) is 5.75 Å². The SMILES string of the molecule is COc1cc(CO)ccc1Oc1ccc(C(C)N)c(Cl)c1. The number of aliphatic hydroxyl groups excluding tert-OH is 1. The summed E-state index contributed by atoms with van der Waals surface area (Å²) in [5, 5.41) is 9.69. The Morgan fingerprint density at radius 1 is 1.19 bits per heavy atom. The molecule has 2 aromatic rings. The highest BCUT2D eigenvalue weighted by Crippen LogP contribution is 2.34. The minimum absolute atomic E-state index is 0.0500. The second-order valence-corrected chi connectivity index (χ2v) is 5.12. The molecule has 112 valence electrons. The molecule has 0 saturated heterocycles. The Kier molecular flexibility index (Phi) is 5.07. The van der Waals surface area contributed by atoms with E-state index in [1.54, 1.807) is 31.4 Å². The van der Waals surface area contributed by atoms with Gasteiger partial charge >= 0.3 is 0 Å². The van der Waals surface area contributed by atoms with Gasteiger partial charge in [-0.3, -0.25) is 0 Å². The van der Waals surface area contributed by atoms with E-state index in [9.17, 15) is 0 Å². The Morgan fingerprint density at radius 3 is 2.52 bits per heavy atom. The fraction of sp³-hybridized carbons (Fsp3) is 0.250. The van der Waals surface area contributed by atoms with Crippen molar-refractivity contribution in [1.29, 1.82) is 0 Å². The van der Waals surface area contributed by atoms with Crippen molar-refractivity contribution in [3.63, 3.8) is 0 Å². The van der Waals surface area contributed by atoms with E-state index in [4.69, 9.17) is 31.9 Å². The van der Waals surface area contributed by atoms with Gasteiger partial charge in [-0.1, -0.05) is 23.7 Å². The summed E-state index contributed by atoms with van der Waals surface area (Å²) in [6.07, 6.45) is 0. The highest BCUT2D eigenvalue weighted by molar-refractivity contribution is 6.31. The fourth-order valence-corrected chi connectivity index (χ4v) is 2.30. The lowest BCUT2D eigenvalue weighted by Crippen LogP contribution is -2.05. The lowest BCUT2D eigenvalue weighted by Gasteiger charge is -2.13. The molecule has 0 heterocycles. The van der Waals surface area contributed by atoms with Gasteiger partial charge in [0.2, 0.25) is 0 Å². The Bertz CT molecular complexity index is 629. The first-order chi connectivity index (χ1) is 10.0. The molecule has 2 rings (SSSR count). The number of nitrogens with two attached hydrogens (primary N) is 1. The van der Waals surface area contributed by atoms with Crippen LogP contribution in [0.4, 0.5) is 0 Å². The predicted octanol–water partition coefficient (Wildman–Crippen LogP) is 3.65. The summed E-state index contributed by atoms with van der Waals surface area (Å²) in [5.41, 5.74) is 7.45. The van der Waals surface area contributed by atoms with Gasteiger partial charge in [0.25, 0.3) is 0 Å². The van der Waals surface area contributed by atoms with Crippen molar-refractivity contribution in [1.82, 2.24) is 0 Å². The van der Waals surface area contributed by atoms with Crippen molar-refractivity contribution in [2.45, 2.75) is 19.6 Å². The molecule has 0 aliphatic heterocycles. The van der Waals surface area contributed by atoms with Gasteiger partial charge in [0.05, 0.1) is 13.7 Å². The van der Waals surface area contributed by atoms with Crippen LogP contribution in [-0.2, 0) is 6.61 Å². The van der Waals surface area contributed by atoms with Gasteiger partial charge in [0.15, 0.2) is 11.5 Å². The molecular formula is C16H18ClNO3. The van der Waals surface area contributed by atoms with Crippen molar-refractivity contribution in [3.05, 3.63) is 52.5 Å². The molecule has 0 spiro atoms. The molecule has 4 nitrogen and oxygen atoms in total. The number of ether oxygens (including phenoxy) is 2. The van der Waals surface area contributed by atoms with E-state index < -0.39 is 0 Å². The number of methoxy groups -OCH3 is 1. The number of hydrogen-bond acceptors (Lipinski definition) is 4. The quantitative estimate of drug-likeness (QED) is 0.885. The van der Waals surface area contributed by atoms with Crippen LogP contribution in [-0.4, -0.2) is 12.2 Å². The van der Waals surface area contributed by atoms with E-state index in [0.29, 0.717) is 22.3 Å². The molecule has 2 aromatic carbocycles. The van der Waals surface area contributed by atoms with Crippen LogP contribution in [0.15, 0.2) is 36.4 Å². The molecule has 1 unspecified atom stereocenters. The highest BCUT2D eigenvalue weighted by Gasteiger charge is 2.10. The standard InChI is InChI=1S/C16H18ClNO3/c1-10(18)13-5-4-12(8-14(13)17)21-15-6-3-11(9-19)7-16(15)20-2/h3-8,10,19H,9,18H2,1-2H3. The molecule has 21 heavy (non-hydrogen) atoms. The largest absolute Gasteiger partial charge is 0.493 e. The predicted molar refractivity (Wildman–Crippen MR) is 83.0 cm³/mol. The molecule has 0 bridgehead atoms. The summed E-state index contributed by atoms with van der Waals surface area (Å²) in [5.74, 6) is 1.70. The lowest BCUT2D eigenvalue weighted by atomic mass is 10.1. The Balaban J connectivity index is 2.28. The molecule has 0 aromatic heterocycles. The van der Waals surface area contributed by atoms with Crippen molar-refractivity contribution >= 4 is 11.6 Å². The van der Waals surface area contributed by atoms with Crippen LogP contribution >= 0.6 is 11.6 Å². The van der Waals surface area contributed by atoms with Crippen LogP contribution < -0.4 is 15.2 Å². The van der Waals surface area contributed by atoms with Gasteiger partial charge in [-0.25, -0.2) is 0 Å². The summed E-state index contributed by atoms with van der Waals surface area (Å²) < 4.78 is 11.0. The average molecular weight is 308 g/mol.